The number of hydrogen-bond donors (Lipinski definition) is 1. The Morgan fingerprint density at radius 1 is 1.16 bits per heavy atom. The van der Waals surface area contributed by atoms with Crippen LogP contribution in [0.25, 0.3) is 0 Å². The van der Waals surface area contributed by atoms with E-state index in [1.165, 1.54) is 5.56 Å². The van der Waals surface area contributed by atoms with E-state index in [9.17, 15) is 9.90 Å². The number of aromatic hydroxyl groups is 1. The highest BCUT2D eigenvalue weighted by molar-refractivity contribution is 5.94. The zero-order chi connectivity index (χ0) is 17.8. The fourth-order valence-corrected chi connectivity index (χ4v) is 3.60. The molecule has 25 heavy (non-hydrogen) atoms. The van der Waals surface area contributed by atoms with Crippen molar-refractivity contribution in [2.45, 2.75) is 19.3 Å². The number of para-hydroxylation sites is 1. The van der Waals surface area contributed by atoms with Crippen LogP contribution < -0.4 is 4.90 Å². The SMILES string of the molecule is CN(C)CC1Cc2ccccc2N(C(=O)CCc2ccc(O)cc2)C1. The molecule has 3 rings (SSSR count). The Balaban J connectivity index is 1.72. The zero-order valence-corrected chi connectivity index (χ0v) is 15.0. The number of benzene rings is 2. The molecule has 4 nitrogen and oxygen atoms in total. The van der Waals surface area contributed by atoms with E-state index < -0.39 is 0 Å². The van der Waals surface area contributed by atoms with Gasteiger partial charge in [-0.25, -0.2) is 0 Å². The molecule has 132 valence electrons. The fraction of sp³-hybridized carbons (Fsp3) is 0.381. The summed E-state index contributed by atoms with van der Waals surface area (Å²) in [5, 5.41) is 9.37. The smallest absolute Gasteiger partial charge is 0.227 e. The number of anilines is 1. The second-order valence-electron chi connectivity index (χ2n) is 7.13. The van der Waals surface area contributed by atoms with Crippen molar-refractivity contribution in [1.82, 2.24) is 4.90 Å². The average Bonchev–Trinajstić information content (AvgIpc) is 2.59. The Hall–Kier alpha value is -2.33. The van der Waals surface area contributed by atoms with E-state index in [4.69, 9.17) is 0 Å². The third kappa shape index (κ3) is 4.40. The Bertz CT molecular complexity index is 725. The molecule has 0 aliphatic carbocycles. The number of carbonyl (C=O) groups excluding carboxylic acids is 1. The molecule has 1 N–H and O–H groups in total. The predicted molar refractivity (Wildman–Crippen MR) is 101 cm³/mol. The minimum absolute atomic E-state index is 0.170. The summed E-state index contributed by atoms with van der Waals surface area (Å²) in [7, 11) is 4.16. The molecule has 0 aromatic heterocycles. The number of amides is 1. The van der Waals surface area contributed by atoms with Gasteiger partial charge in [0.05, 0.1) is 0 Å². The molecule has 0 radical (unpaired) electrons. The topological polar surface area (TPSA) is 43.8 Å². The molecule has 1 atom stereocenters. The van der Waals surface area contributed by atoms with Crippen LogP contribution in [0, 0.1) is 5.92 Å². The first-order valence-corrected chi connectivity index (χ1v) is 8.84. The van der Waals surface area contributed by atoms with Crippen molar-refractivity contribution in [3.63, 3.8) is 0 Å². The average molecular weight is 338 g/mol. The molecule has 0 spiro atoms. The van der Waals surface area contributed by atoms with Gasteiger partial charge in [0.2, 0.25) is 5.91 Å². The maximum absolute atomic E-state index is 12.9. The largest absolute Gasteiger partial charge is 0.508 e. The number of hydrogen-bond acceptors (Lipinski definition) is 3. The normalized spacial score (nSPS) is 16.8. The molecule has 1 aliphatic rings. The summed E-state index contributed by atoms with van der Waals surface area (Å²) < 4.78 is 0. The van der Waals surface area contributed by atoms with E-state index in [-0.39, 0.29) is 11.7 Å². The molecule has 2 aromatic rings. The van der Waals surface area contributed by atoms with Gasteiger partial charge in [-0.2, -0.15) is 0 Å². The second kappa shape index (κ2) is 7.70. The van der Waals surface area contributed by atoms with Crippen LogP contribution in [0.5, 0.6) is 5.75 Å². The molecule has 0 bridgehead atoms. The monoisotopic (exact) mass is 338 g/mol. The van der Waals surface area contributed by atoms with Gasteiger partial charge in [0, 0.05) is 25.2 Å². The fourth-order valence-electron chi connectivity index (χ4n) is 3.60. The van der Waals surface area contributed by atoms with Crippen LogP contribution in [0.15, 0.2) is 48.5 Å². The molecule has 1 amide bonds. The van der Waals surface area contributed by atoms with Gasteiger partial charge in [-0.1, -0.05) is 30.3 Å². The Kier molecular flexibility index (Phi) is 5.39. The van der Waals surface area contributed by atoms with Crippen LogP contribution in [0.2, 0.25) is 0 Å². The Morgan fingerprint density at radius 2 is 1.88 bits per heavy atom. The molecular weight excluding hydrogens is 312 g/mol. The summed E-state index contributed by atoms with van der Waals surface area (Å²) in [4.78, 5) is 17.1. The van der Waals surface area contributed by atoms with Crippen LogP contribution in [0.3, 0.4) is 0 Å². The van der Waals surface area contributed by atoms with Crippen molar-refractivity contribution in [2.24, 2.45) is 5.92 Å². The number of nitrogens with zero attached hydrogens (tertiary/aromatic N) is 2. The number of fused-ring (bicyclic) bond motifs is 1. The highest BCUT2D eigenvalue weighted by Gasteiger charge is 2.28. The number of rotatable bonds is 5. The molecular formula is C21H26N2O2. The molecule has 2 aromatic carbocycles. The Labute approximate surface area is 149 Å². The van der Waals surface area contributed by atoms with Gasteiger partial charge >= 0.3 is 0 Å². The highest BCUT2D eigenvalue weighted by atomic mass is 16.3. The van der Waals surface area contributed by atoms with Gasteiger partial charge in [-0.3, -0.25) is 4.79 Å². The van der Waals surface area contributed by atoms with Crippen LogP contribution in [0.1, 0.15) is 17.5 Å². The maximum Gasteiger partial charge on any atom is 0.227 e. The van der Waals surface area contributed by atoms with Crippen LogP contribution in [0.4, 0.5) is 5.69 Å². The quantitative estimate of drug-likeness (QED) is 0.911. The molecule has 1 heterocycles. The minimum Gasteiger partial charge on any atom is -0.508 e. The molecule has 0 saturated carbocycles. The number of carbonyl (C=O) groups is 1. The molecule has 0 saturated heterocycles. The van der Waals surface area contributed by atoms with E-state index in [2.05, 4.69) is 37.2 Å². The summed E-state index contributed by atoms with van der Waals surface area (Å²) in [6.45, 7) is 1.76. The number of aryl methyl sites for hydroxylation is 1. The maximum atomic E-state index is 12.9. The minimum atomic E-state index is 0.170. The first-order chi connectivity index (χ1) is 12.0. The van der Waals surface area contributed by atoms with Crippen LogP contribution in [-0.4, -0.2) is 43.1 Å². The zero-order valence-electron chi connectivity index (χ0n) is 15.0. The highest BCUT2D eigenvalue weighted by Crippen LogP contribution is 2.30. The lowest BCUT2D eigenvalue weighted by atomic mass is 9.91. The van der Waals surface area contributed by atoms with E-state index in [1.807, 2.05) is 23.1 Å². The van der Waals surface area contributed by atoms with Crippen LogP contribution >= 0.6 is 0 Å². The molecule has 4 heteroatoms. The first kappa shape index (κ1) is 17.5. The van der Waals surface area contributed by atoms with Crippen molar-refractivity contribution in [2.75, 3.05) is 32.1 Å². The lowest BCUT2D eigenvalue weighted by Crippen LogP contribution is -2.43. The van der Waals surface area contributed by atoms with Crippen LogP contribution in [-0.2, 0) is 17.6 Å². The third-order valence-corrected chi connectivity index (χ3v) is 4.72. The van der Waals surface area contributed by atoms with E-state index in [0.717, 1.165) is 30.8 Å². The van der Waals surface area contributed by atoms with Gasteiger partial charge < -0.3 is 14.9 Å². The van der Waals surface area contributed by atoms with Gasteiger partial charge in [-0.15, -0.1) is 0 Å². The van der Waals surface area contributed by atoms with E-state index in [1.54, 1.807) is 12.1 Å². The lowest BCUT2D eigenvalue weighted by molar-refractivity contribution is -0.118. The molecule has 1 unspecified atom stereocenters. The van der Waals surface area contributed by atoms with Gasteiger partial charge in [-0.05, 0) is 62.2 Å². The Morgan fingerprint density at radius 3 is 2.60 bits per heavy atom. The van der Waals surface area contributed by atoms with Crippen molar-refractivity contribution in [3.05, 3.63) is 59.7 Å². The predicted octanol–water partition coefficient (Wildman–Crippen LogP) is 3.09. The summed E-state index contributed by atoms with van der Waals surface area (Å²) >= 11 is 0. The lowest BCUT2D eigenvalue weighted by Gasteiger charge is -2.36. The number of phenols is 1. The van der Waals surface area contributed by atoms with E-state index in [0.29, 0.717) is 18.8 Å². The van der Waals surface area contributed by atoms with Crippen molar-refractivity contribution in [3.8, 4) is 5.75 Å². The molecule has 0 fully saturated rings. The summed E-state index contributed by atoms with van der Waals surface area (Å²) in [5.41, 5.74) is 3.40. The van der Waals surface area contributed by atoms with E-state index >= 15 is 0 Å². The van der Waals surface area contributed by atoms with Gasteiger partial charge in [0.25, 0.3) is 0 Å². The van der Waals surface area contributed by atoms with Crippen molar-refractivity contribution >= 4 is 11.6 Å². The summed E-state index contributed by atoms with van der Waals surface area (Å²) in [6, 6.07) is 15.3. The summed E-state index contributed by atoms with van der Waals surface area (Å²) in [5.74, 6) is 0.887. The third-order valence-electron chi connectivity index (χ3n) is 4.72. The first-order valence-electron chi connectivity index (χ1n) is 8.84. The summed E-state index contributed by atoms with van der Waals surface area (Å²) in [6.07, 6.45) is 2.19. The molecule has 1 aliphatic heterocycles. The van der Waals surface area contributed by atoms with Crippen molar-refractivity contribution < 1.29 is 9.90 Å². The van der Waals surface area contributed by atoms with Gasteiger partial charge in [0.15, 0.2) is 0 Å². The van der Waals surface area contributed by atoms with Crippen molar-refractivity contribution in [1.29, 1.82) is 0 Å². The van der Waals surface area contributed by atoms with Gasteiger partial charge in [0.1, 0.15) is 5.75 Å². The second-order valence-corrected chi connectivity index (χ2v) is 7.13. The standard InChI is InChI=1S/C21H26N2O2/c1-22(2)14-17-13-18-5-3-4-6-20(18)23(15-17)21(25)12-9-16-7-10-19(24)11-8-16/h3-8,10-11,17,24H,9,12-15H2,1-2H3. The number of phenolic OH excluding ortho intramolecular Hbond substituents is 1.